The summed E-state index contributed by atoms with van der Waals surface area (Å²) in [5, 5.41) is 2.94. The van der Waals surface area contributed by atoms with E-state index < -0.39 is 6.04 Å². The van der Waals surface area contributed by atoms with Crippen LogP contribution in [0.15, 0.2) is 16.5 Å². The molecule has 116 valence electrons. The summed E-state index contributed by atoms with van der Waals surface area (Å²) in [4.78, 5) is 26.4. The number of aryl methyl sites for hydroxylation is 1. The molecule has 0 aliphatic carbocycles. The van der Waals surface area contributed by atoms with E-state index in [1.165, 1.54) is 0 Å². The van der Waals surface area contributed by atoms with Crippen LogP contribution in [0.25, 0.3) is 0 Å². The maximum absolute atomic E-state index is 12.5. The van der Waals surface area contributed by atoms with E-state index >= 15 is 0 Å². The van der Waals surface area contributed by atoms with Crippen LogP contribution >= 0.6 is 11.8 Å². The van der Waals surface area contributed by atoms with Gasteiger partial charge in [-0.1, -0.05) is 6.92 Å². The summed E-state index contributed by atoms with van der Waals surface area (Å²) in [6.45, 7) is 7.76. The lowest BCUT2D eigenvalue weighted by Gasteiger charge is -2.27. The van der Waals surface area contributed by atoms with Gasteiger partial charge in [0.25, 0.3) is 5.91 Å². The number of carbonyl (C=O) groups excluding carboxylic acids is 2. The molecule has 0 saturated carbocycles. The van der Waals surface area contributed by atoms with E-state index in [4.69, 9.17) is 4.42 Å². The highest BCUT2D eigenvalue weighted by Crippen LogP contribution is 2.24. The summed E-state index contributed by atoms with van der Waals surface area (Å²) in [6, 6.07) is 3.06. The third-order valence-corrected chi connectivity index (χ3v) is 4.18. The molecular weight excluding hydrogens is 288 g/mol. The molecule has 2 amide bonds. The molecule has 1 unspecified atom stereocenters. The van der Waals surface area contributed by atoms with E-state index in [9.17, 15) is 9.59 Å². The number of furan rings is 1. The van der Waals surface area contributed by atoms with Gasteiger partial charge in [-0.05, 0) is 32.9 Å². The zero-order valence-electron chi connectivity index (χ0n) is 12.9. The Bertz CT molecular complexity index is 533. The van der Waals surface area contributed by atoms with Gasteiger partial charge in [0.1, 0.15) is 11.8 Å². The first-order chi connectivity index (χ1) is 9.81. The number of hydrogen-bond acceptors (Lipinski definition) is 4. The van der Waals surface area contributed by atoms with E-state index in [-0.39, 0.29) is 17.4 Å². The molecule has 1 N–H and O–H groups in total. The van der Waals surface area contributed by atoms with Crippen LogP contribution in [0.3, 0.4) is 0 Å². The number of carbonyl (C=O) groups is 2. The molecule has 1 fully saturated rings. The highest BCUT2D eigenvalue weighted by molar-refractivity contribution is 7.99. The van der Waals surface area contributed by atoms with Gasteiger partial charge in [0.15, 0.2) is 5.76 Å². The fourth-order valence-electron chi connectivity index (χ4n) is 2.14. The second kappa shape index (κ2) is 6.13. The predicted octanol–water partition coefficient (Wildman–Crippen LogP) is 2.27. The van der Waals surface area contributed by atoms with E-state index in [1.54, 1.807) is 28.8 Å². The number of nitrogens with zero attached hydrogens (tertiary/aromatic N) is 1. The SMILES string of the molecule is CCc1ccc(C(=O)N2CSCC2C(=O)NC(C)(C)C)o1. The first kappa shape index (κ1) is 15.9. The lowest BCUT2D eigenvalue weighted by Crippen LogP contribution is -2.52. The van der Waals surface area contributed by atoms with Crippen LogP contribution in [0, 0.1) is 0 Å². The van der Waals surface area contributed by atoms with Gasteiger partial charge < -0.3 is 14.6 Å². The monoisotopic (exact) mass is 310 g/mol. The molecule has 1 aliphatic rings. The Hall–Kier alpha value is -1.43. The van der Waals surface area contributed by atoms with Crippen LogP contribution in [0.4, 0.5) is 0 Å². The van der Waals surface area contributed by atoms with E-state index in [0.29, 0.717) is 17.4 Å². The largest absolute Gasteiger partial charge is 0.456 e. The summed E-state index contributed by atoms with van der Waals surface area (Å²) in [7, 11) is 0. The van der Waals surface area contributed by atoms with Crippen LogP contribution < -0.4 is 5.32 Å². The van der Waals surface area contributed by atoms with Crippen LogP contribution in [-0.2, 0) is 11.2 Å². The standard InChI is InChI=1S/C15H22N2O3S/c1-5-10-6-7-12(20-10)14(19)17-9-21-8-11(17)13(18)16-15(2,3)4/h6-7,11H,5,8-9H2,1-4H3,(H,16,18). The predicted molar refractivity (Wildman–Crippen MR) is 83.3 cm³/mol. The summed E-state index contributed by atoms with van der Waals surface area (Å²) >= 11 is 1.58. The Morgan fingerprint density at radius 2 is 2.14 bits per heavy atom. The van der Waals surface area contributed by atoms with Gasteiger partial charge in [-0.15, -0.1) is 11.8 Å². The molecule has 21 heavy (non-hydrogen) atoms. The highest BCUT2D eigenvalue weighted by Gasteiger charge is 2.37. The number of hydrogen-bond donors (Lipinski definition) is 1. The van der Waals surface area contributed by atoms with E-state index in [1.807, 2.05) is 27.7 Å². The van der Waals surface area contributed by atoms with E-state index in [0.717, 1.165) is 12.2 Å². The van der Waals surface area contributed by atoms with Gasteiger partial charge in [0.2, 0.25) is 5.91 Å². The Morgan fingerprint density at radius 1 is 1.43 bits per heavy atom. The number of nitrogens with one attached hydrogen (secondary N) is 1. The summed E-state index contributed by atoms with van der Waals surface area (Å²) in [5.41, 5.74) is -0.306. The van der Waals surface area contributed by atoms with Crippen molar-refractivity contribution in [3.05, 3.63) is 23.7 Å². The Balaban J connectivity index is 2.11. The van der Waals surface area contributed by atoms with Crippen molar-refractivity contribution in [3.63, 3.8) is 0 Å². The Kier molecular flexibility index (Phi) is 4.66. The average molecular weight is 310 g/mol. The van der Waals surface area contributed by atoms with Gasteiger partial charge >= 0.3 is 0 Å². The van der Waals surface area contributed by atoms with Crippen molar-refractivity contribution in [1.29, 1.82) is 0 Å². The molecule has 0 aromatic carbocycles. The molecule has 2 heterocycles. The minimum absolute atomic E-state index is 0.108. The van der Waals surface area contributed by atoms with Crippen molar-refractivity contribution < 1.29 is 14.0 Å². The zero-order chi connectivity index (χ0) is 15.6. The molecule has 0 bridgehead atoms. The van der Waals surface area contributed by atoms with Crippen molar-refractivity contribution in [2.24, 2.45) is 0 Å². The lowest BCUT2D eigenvalue weighted by molar-refractivity contribution is -0.125. The summed E-state index contributed by atoms with van der Waals surface area (Å²) in [6.07, 6.45) is 0.746. The third-order valence-electron chi connectivity index (χ3n) is 3.16. The molecule has 1 aromatic rings. The molecule has 0 spiro atoms. The van der Waals surface area contributed by atoms with Crippen molar-refractivity contribution >= 4 is 23.6 Å². The van der Waals surface area contributed by atoms with Gasteiger partial charge in [0.05, 0.1) is 5.88 Å². The molecule has 1 aromatic heterocycles. The zero-order valence-corrected chi connectivity index (χ0v) is 13.8. The van der Waals surface area contributed by atoms with E-state index in [2.05, 4.69) is 5.32 Å². The minimum atomic E-state index is -0.433. The van der Waals surface area contributed by atoms with Gasteiger partial charge in [0, 0.05) is 17.7 Å². The smallest absolute Gasteiger partial charge is 0.290 e. The maximum Gasteiger partial charge on any atom is 0.290 e. The first-order valence-corrected chi connectivity index (χ1v) is 8.26. The molecular formula is C15H22N2O3S. The van der Waals surface area contributed by atoms with Crippen LogP contribution in [-0.4, -0.2) is 39.9 Å². The first-order valence-electron chi connectivity index (χ1n) is 7.11. The summed E-state index contributed by atoms with van der Waals surface area (Å²) < 4.78 is 5.50. The second-order valence-electron chi connectivity index (χ2n) is 6.15. The Labute approximate surface area is 129 Å². The minimum Gasteiger partial charge on any atom is -0.456 e. The molecule has 5 nitrogen and oxygen atoms in total. The fourth-order valence-corrected chi connectivity index (χ4v) is 3.29. The quantitative estimate of drug-likeness (QED) is 0.930. The second-order valence-corrected chi connectivity index (χ2v) is 7.15. The highest BCUT2D eigenvalue weighted by atomic mass is 32.2. The number of thioether (sulfide) groups is 1. The molecule has 2 rings (SSSR count). The van der Waals surface area contributed by atoms with Gasteiger partial charge in [-0.3, -0.25) is 9.59 Å². The third kappa shape index (κ3) is 3.81. The van der Waals surface area contributed by atoms with Crippen LogP contribution in [0.5, 0.6) is 0 Å². The summed E-state index contributed by atoms with van der Waals surface area (Å²) in [5.74, 6) is 1.90. The van der Waals surface area contributed by atoms with Crippen molar-refractivity contribution in [2.45, 2.75) is 45.7 Å². The molecule has 0 radical (unpaired) electrons. The lowest BCUT2D eigenvalue weighted by atomic mass is 10.1. The molecule has 6 heteroatoms. The molecule has 1 saturated heterocycles. The topological polar surface area (TPSA) is 62.6 Å². The fraction of sp³-hybridized carbons (Fsp3) is 0.600. The molecule has 1 aliphatic heterocycles. The average Bonchev–Trinajstić information content (AvgIpc) is 3.05. The van der Waals surface area contributed by atoms with Crippen LogP contribution in [0.2, 0.25) is 0 Å². The van der Waals surface area contributed by atoms with Crippen LogP contribution in [0.1, 0.15) is 44.0 Å². The number of rotatable bonds is 3. The maximum atomic E-state index is 12.5. The van der Waals surface area contributed by atoms with Crippen molar-refractivity contribution in [2.75, 3.05) is 11.6 Å². The van der Waals surface area contributed by atoms with Crippen molar-refractivity contribution in [1.82, 2.24) is 10.2 Å². The normalized spacial score (nSPS) is 18.9. The molecule has 1 atom stereocenters. The van der Waals surface area contributed by atoms with Crippen molar-refractivity contribution in [3.8, 4) is 0 Å². The van der Waals surface area contributed by atoms with Gasteiger partial charge in [-0.25, -0.2) is 0 Å². The number of amides is 2. The Morgan fingerprint density at radius 3 is 2.71 bits per heavy atom. The van der Waals surface area contributed by atoms with Gasteiger partial charge in [-0.2, -0.15) is 0 Å².